The van der Waals surface area contributed by atoms with Crippen LogP contribution < -0.4 is 5.32 Å². The van der Waals surface area contributed by atoms with Gasteiger partial charge >= 0.3 is 0 Å². The molecule has 0 amide bonds. The van der Waals surface area contributed by atoms with Crippen LogP contribution in [0.25, 0.3) is 0 Å². The van der Waals surface area contributed by atoms with E-state index in [1.165, 1.54) is 12.7 Å². The van der Waals surface area contributed by atoms with Crippen LogP contribution in [0.1, 0.15) is 19.3 Å². The molecule has 1 saturated heterocycles. The molecular formula is C10H21NO3S. The molecule has 0 bridgehead atoms. The van der Waals surface area contributed by atoms with Gasteiger partial charge in [-0.15, -0.1) is 0 Å². The molecule has 1 unspecified atom stereocenters. The highest BCUT2D eigenvalue weighted by Crippen LogP contribution is 2.14. The summed E-state index contributed by atoms with van der Waals surface area (Å²) in [7, 11) is -2.79. The van der Waals surface area contributed by atoms with Crippen molar-refractivity contribution in [3.8, 4) is 0 Å². The van der Waals surface area contributed by atoms with Crippen LogP contribution >= 0.6 is 0 Å². The Balaban J connectivity index is 1.89. The van der Waals surface area contributed by atoms with Gasteiger partial charge < -0.3 is 10.1 Å². The Morgan fingerprint density at radius 1 is 1.40 bits per heavy atom. The Kier molecular flexibility index (Phi) is 5.56. The summed E-state index contributed by atoms with van der Waals surface area (Å²) in [5, 5.41) is 3.26. The first kappa shape index (κ1) is 12.9. The highest BCUT2D eigenvalue weighted by molar-refractivity contribution is 7.90. The van der Waals surface area contributed by atoms with Crippen molar-refractivity contribution in [2.24, 2.45) is 5.92 Å². The quantitative estimate of drug-likeness (QED) is 0.651. The summed E-state index contributed by atoms with van der Waals surface area (Å²) >= 11 is 0. The zero-order valence-electron chi connectivity index (χ0n) is 9.37. The van der Waals surface area contributed by atoms with Crippen molar-refractivity contribution in [3.63, 3.8) is 0 Å². The van der Waals surface area contributed by atoms with Crippen molar-refractivity contribution in [3.05, 3.63) is 0 Å². The van der Waals surface area contributed by atoms with Crippen molar-refractivity contribution in [1.29, 1.82) is 0 Å². The molecule has 0 aromatic carbocycles. The zero-order chi connectivity index (χ0) is 11.1. The maximum atomic E-state index is 10.8. The van der Waals surface area contributed by atoms with E-state index >= 15 is 0 Å². The Morgan fingerprint density at radius 2 is 2.20 bits per heavy atom. The fourth-order valence-corrected chi connectivity index (χ4v) is 2.37. The van der Waals surface area contributed by atoms with Crippen LogP contribution in [-0.4, -0.2) is 46.7 Å². The predicted molar refractivity (Wildman–Crippen MR) is 60.7 cm³/mol. The van der Waals surface area contributed by atoms with Crippen LogP contribution in [0.15, 0.2) is 0 Å². The van der Waals surface area contributed by atoms with Gasteiger partial charge in [-0.25, -0.2) is 8.42 Å². The fourth-order valence-electron chi connectivity index (χ4n) is 1.70. The topological polar surface area (TPSA) is 55.4 Å². The second-order valence-electron chi connectivity index (χ2n) is 4.25. The average Bonchev–Trinajstić information content (AvgIpc) is 2.61. The molecule has 1 N–H and O–H groups in total. The first-order valence-electron chi connectivity index (χ1n) is 5.54. The molecule has 1 heterocycles. The average molecular weight is 235 g/mol. The smallest absolute Gasteiger partial charge is 0.147 e. The molecule has 0 aliphatic carbocycles. The van der Waals surface area contributed by atoms with Crippen LogP contribution in [0, 0.1) is 5.92 Å². The summed E-state index contributed by atoms with van der Waals surface area (Å²) in [4.78, 5) is 0. The molecular weight excluding hydrogens is 214 g/mol. The van der Waals surface area contributed by atoms with Crippen molar-refractivity contribution in [2.45, 2.75) is 19.3 Å². The Morgan fingerprint density at radius 3 is 2.80 bits per heavy atom. The molecule has 0 spiro atoms. The number of sulfone groups is 1. The van der Waals surface area contributed by atoms with E-state index in [-0.39, 0.29) is 5.75 Å². The van der Waals surface area contributed by atoms with Crippen LogP contribution in [0.3, 0.4) is 0 Å². The van der Waals surface area contributed by atoms with Gasteiger partial charge in [0.25, 0.3) is 0 Å². The van der Waals surface area contributed by atoms with Gasteiger partial charge in [-0.3, -0.25) is 0 Å². The molecule has 4 nitrogen and oxygen atoms in total. The van der Waals surface area contributed by atoms with E-state index in [0.717, 1.165) is 32.7 Å². The summed E-state index contributed by atoms with van der Waals surface area (Å²) < 4.78 is 26.9. The lowest BCUT2D eigenvalue weighted by Crippen LogP contribution is -2.21. The van der Waals surface area contributed by atoms with Gasteiger partial charge in [-0.1, -0.05) is 0 Å². The van der Waals surface area contributed by atoms with Crippen molar-refractivity contribution >= 4 is 9.84 Å². The Labute approximate surface area is 92.3 Å². The lowest BCUT2D eigenvalue weighted by molar-refractivity contribution is 0.184. The molecule has 0 radical (unpaired) electrons. The second-order valence-corrected chi connectivity index (χ2v) is 6.51. The predicted octanol–water partition coefficient (Wildman–Crippen LogP) is 0.437. The van der Waals surface area contributed by atoms with E-state index in [4.69, 9.17) is 4.74 Å². The molecule has 1 fully saturated rings. The molecule has 1 rings (SSSR count). The van der Waals surface area contributed by atoms with E-state index in [0.29, 0.717) is 12.3 Å². The van der Waals surface area contributed by atoms with Gasteiger partial charge in [0.15, 0.2) is 0 Å². The summed E-state index contributed by atoms with van der Waals surface area (Å²) in [5.41, 5.74) is 0. The van der Waals surface area contributed by atoms with E-state index in [2.05, 4.69) is 5.32 Å². The molecule has 1 aliphatic rings. The van der Waals surface area contributed by atoms with Crippen molar-refractivity contribution < 1.29 is 13.2 Å². The maximum Gasteiger partial charge on any atom is 0.147 e. The van der Waals surface area contributed by atoms with Crippen LogP contribution in [0.2, 0.25) is 0 Å². The third-order valence-corrected chi connectivity index (χ3v) is 3.65. The Bertz CT molecular complexity index is 258. The van der Waals surface area contributed by atoms with Crippen LogP contribution in [0.4, 0.5) is 0 Å². The summed E-state index contributed by atoms with van der Waals surface area (Å²) in [6.45, 7) is 3.56. The maximum absolute atomic E-state index is 10.8. The highest BCUT2D eigenvalue weighted by Gasteiger charge is 2.14. The number of hydrogen-bond acceptors (Lipinski definition) is 4. The van der Waals surface area contributed by atoms with E-state index < -0.39 is 9.84 Å². The number of hydrogen-bond donors (Lipinski definition) is 1. The van der Waals surface area contributed by atoms with Gasteiger partial charge in [-0.05, 0) is 38.3 Å². The lowest BCUT2D eigenvalue weighted by atomic mass is 10.1. The van der Waals surface area contributed by atoms with Crippen LogP contribution in [-0.2, 0) is 14.6 Å². The monoisotopic (exact) mass is 235 g/mol. The SMILES string of the molecule is CS(=O)(=O)CCCNCCC1CCOC1. The fraction of sp³-hybridized carbons (Fsp3) is 1.00. The molecule has 0 aromatic rings. The van der Waals surface area contributed by atoms with Gasteiger partial charge in [-0.2, -0.15) is 0 Å². The highest BCUT2D eigenvalue weighted by atomic mass is 32.2. The van der Waals surface area contributed by atoms with Crippen molar-refractivity contribution in [1.82, 2.24) is 5.32 Å². The summed E-state index contributed by atoms with van der Waals surface area (Å²) in [5.74, 6) is 0.986. The minimum Gasteiger partial charge on any atom is -0.381 e. The second kappa shape index (κ2) is 6.45. The largest absolute Gasteiger partial charge is 0.381 e. The van der Waals surface area contributed by atoms with Gasteiger partial charge in [0.05, 0.1) is 5.75 Å². The number of rotatable bonds is 7. The molecule has 1 atom stereocenters. The number of nitrogens with one attached hydrogen (secondary N) is 1. The third kappa shape index (κ3) is 6.87. The summed E-state index contributed by atoms with van der Waals surface area (Å²) in [6, 6.07) is 0. The van der Waals surface area contributed by atoms with Gasteiger partial charge in [0.1, 0.15) is 9.84 Å². The molecule has 0 aromatic heterocycles. The molecule has 0 saturated carbocycles. The standard InChI is InChI=1S/C10H21NO3S/c1-15(12,13)8-2-5-11-6-3-10-4-7-14-9-10/h10-11H,2-9H2,1H3. The summed E-state index contributed by atoms with van der Waals surface area (Å²) in [6.07, 6.45) is 4.30. The molecule has 90 valence electrons. The minimum absolute atomic E-state index is 0.284. The molecule has 5 heteroatoms. The first-order valence-corrected chi connectivity index (χ1v) is 7.60. The lowest BCUT2D eigenvalue weighted by Gasteiger charge is -2.08. The van der Waals surface area contributed by atoms with Gasteiger partial charge in [0.2, 0.25) is 0 Å². The third-order valence-electron chi connectivity index (χ3n) is 2.62. The van der Waals surface area contributed by atoms with Gasteiger partial charge in [0, 0.05) is 19.5 Å². The normalized spacial score (nSPS) is 22.1. The molecule has 15 heavy (non-hydrogen) atoms. The Hall–Kier alpha value is -0.130. The minimum atomic E-state index is -2.79. The molecule has 1 aliphatic heterocycles. The van der Waals surface area contributed by atoms with Crippen LogP contribution in [0.5, 0.6) is 0 Å². The van der Waals surface area contributed by atoms with E-state index in [1.807, 2.05) is 0 Å². The van der Waals surface area contributed by atoms with Crippen molar-refractivity contribution in [2.75, 3.05) is 38.3 Å². The first-order chi connectivity index (χ1) is 7.08. The van der Waals surface area contributed by atoms with E-state index in [9.17, 15) is 8.42 Å². The van der Waals surface area contributed by atoms with E-state index in [1.54, 1.807) is 0 Å². The zero-order valence-corrected chi connectivity index (χ0v) is 10.2. The number of ether oxygens (including phenoxy) is 1.